The Balaban J connectivity index is 1.68. The van der Waals surface area contributed by atoms with Crippen molar-refractivity contribution >= 4 is 29.0 Å². The maximum absolute atomic E-state index is 13.7. The van der Waals surface area contributed by atoms with Crippen LogP contribution < -0.4 is 4.90 Å². The summed E-state index contributed by atoms with van der Waals surface area (Å²) in [5, 5.41) is 0.592. The van der Waals surface area contributed by atoms with E-state index < -0.39 is 0 Å². The van der Waals surface area contributed by atoms with Gasteiger partial charge in [-0.3, -0.25) is 9.69 Å². The van der Waals surface area contributed by atoms with Crippen molar-refractivity contribution < 1.29 is 4.79 Å². The number of carbonyl (C=O) groups is 1. The first-order valence-electron chi connectivity index (χ1n) is 12.5. The molecular weight excluding hydrogens is 470 g/mol. The van der Waals surface area contributed by atoms with Gasteiger partial charge in [0.25, 0.3) is 0 Å². The van der Waals surface area contributed by atoms with Crippen LogP contribution in [0.25, 0.3) is 5.57 Å². The van der Waals surface area contributed by atoms with Crippen LogP contribution in [0.1, 0.15) is 32.3 Å². The number of fused-ring (bicyclic) bond motifs is 1. The summed E-state index contributed by atoms with van der Waals surface area (Å²) in [6.45, 7) is 11.5. The van der Waals surface area contributed by atoms with Gasteiger partial charge in [-0.2, -0.15) is 0 Å². The Morgan fingerprint density at radius 2 is 1.94 bits per heavy atom. The molecule has 1 saturated heterocycles. The second-order valence-electron chi connectivity index (χ2n) is 9.13. The molecule has 0 aromatic carbocycles. The number of rotatable bonds is 6. The molecule has 7 heteroatoms. The Kier molecular flexibility index (Phi) is 8.39. The van der Waals surface area contributed by atoms with E-state index in [0.717, 1.165) is 60.2 Å². The van der Waals surface area contributed by atoms with Gasteiger partial charge in [-0.05, 0) is 37.6 Å². The molecule has 6 nitrogen and oxygen atoms in total. The molecule has 2 bridgehead atoms. The van der Waals surface area contributed by atoms with E-state index in [1.807, 2.05) is 56.6 Å². The first kappa shape index (κ1) is 25.9. The summed E-state index contributed by atoms with van der Waals surface area (Å²) in [4.78, 5) is 29.4. The molecule has 188 valence electrons. The van der Waals surface area contributed by atoms with Crippen LogP contribution >= 0.6 is 11.6 Å². The number of aromatic nitrogens is 2. The number of piperazine rings is 1. The SMILES string of the molecule is C=C/C=C\C(=C/C)N1C(=O)CC2C=C(C=CC=C2c2cnc(N3CCN(C)CC3)nc2)C(Cl)=C1CC. The maximum Gasteiger partial charge on any atom is 0.232 e. The maximum atomic E-state index is 13.7. The third kappa shape index (κ3) is 5.45. The third-order valence-corrected chi connectivity index (χ3v) is 7.24. The van der Waals surface area contributed by atoms with E-state index in [-0.39, 0.29) is 11.8 Å². The van der Waals surface area contributed by atoms with Crippen LogP contribution in [0, 0.1) is 5.92 Å². The molecule has 0 spiro atoms. The molecule has 3 aliphatic rings. The van der Waals surface area contributed by atoms with Crippen LogP contribution in [0.5, 0.6) is 0 Å². The van der Waals surface area contributed by atoms with Crippen molar-refractivity contribution in [3.63, 3.8) is 0 Å². The van der Waals surface area contributed by atoms with Gasteiger partial charge in [0.1, 0.15) is 0 Å². The molecule has 1 unspecified atom stereocenters. The molecule has 4 rings (SSSR count). The minimum absolute atomic E-state index is 0.00473. The van der Waals surface area contributed by atoms with Crippen molar-refractivity contribution in [2.75, 3.05) is 38.1 Å². The zero-order valence-corrected chi connectivity index (χ0v) is 22.1. The third-order valence-electron chi connectivity index (χ3n) is 6.80. The van der Waals surface area contributed by atoms with Gasteiger partial charge in [-0.1, -0.05) is 67.6 Å². The average molecular weight is 504 g/mol. The number of anilines is 1. The molecule has 36 heavy (non-hydrogen) atoms. The minimum Gasteiger partial charge on any atom is -0.338 e. The molecule has 2 aliphatic heterocycles. The number of carbonyl (C=O) groups excluding carboxylic acids is 1. The summed E-state index contributed by atoms with van der Waals surface area (Å²) >= 11 is 6.94. The van der Waals surface area contributed by atoms with E-state index in [1.165, 1.54) is 0 Å². The molecule has 1 aromatic heterocycles. The van der Waals surface area contributed by atoms with Gasteiger partial charge in [0.2, 0.25) is 11.9 Å². The Morgan fingerprint density at radius 1 is 1.22 bits per heavy atom. The minimum atomic E-state index is -0.156. The molecule has 1 amide bonds. The summed E-state index contributed by atoms with van der Waals surface area (Å²) in [6, 6.07) is 0. The lowest BCUT2D eigenvalue weighted by Crippen LogP contribution is -2.45. The van der Waals surface area contributed by atoms with Crippen molar-refractivity contribution in [3.8, 4) is 0 Å². The highest BCUT2D eigenvalue weighted by molar-refractivity contribution is 6.33. The Hall–Kier alpha value is -3.22. The fourth-order valence-electron chi connectivity index (χ4n) is 4.78. The second kappa shape index (κ2) is 11.7. The van der Waals surface area contributed by atoms with Crippen molar-refractivity contribution in [1.29, 1.82) is 0 Å². The lowest BCUT2D eigenvalue weighted by atomic mass is 9.88. The van der Waals surface area contributed by atoms with Crippen molar-refractivity contribution in [2.45, 2.75) is 26.7 Å². The van der Waals surface area contributed by atoms with Crippen LogP contribution in [0.2, 0.25) is 0 Å². The fourth-order valence-corrected chi connectivity index (χ4v) is 5.13. The number of likely N-dealkylation sites (N-methyl/N-ethyl adjacent to an activating group) is 1. The summed E-state index contributed by atoms with van der Waals surface area (Å²) in [5.74, 6) is 0.588. The number of amides is 1. The van der Waals surface area contributed by atoms with Crippen LogP contribution in [0.15, 0.2) is 89.6 Å². The number of allylic oxidation sites excluding steroid dienone is 12. The summed E-state index contributed by atoms with van der Waals surface area (Å²) in [7, 11) is 2.13. The summed E-state index contributed by atoms with van der Waals surface area (Å²) < 4.78 is 0. The normalized spacial score (nSPS) is 21.8. The first-order chi connectivity index (χ1) is 17.5. The number of hydrogen-bond acceptors (Lipinski definition) is 5. The van der Waals surface area contributed by atoms with Gasteiger partial charge in [0, 0.05) is 67.9 Å². The molecule has 1 fully saturated rings. The van der Waals surface area contributed by atoms with Gasteiger partial charge >= 0.3 is 0 Å². The van der Waals surface area contributed by atoms with E-state index in [1.54, 1.807) is 11.0 Å². The quantitative estimate of drug-likeness (QED) is 0.482. The molecular formula is C29H34ClN5O. The van der Waals surface area contributed by atoms with Gasteiger partial charge in [-0.25, -0.2) is 9.97 Å². The molecule has 0 saturated carbocycles. The first-order valence-corrected chi connectivity index (χ1v) is 12.9. The standard InChI is InChI=1S/C29H34ClN5O/c1-5-8-11-24(6-2)35-26(7-3)28(30)21-10-9-12-25(22(17-21)18-27(35)36)23-19-31-29(32-20-23)34-15-13-33(4)14-16-34/h5-6,8-12,17,19-20,22H,1,7,13-16,18H2,2-4H3/b11-8-,24-6+,28-26?. The molecule has 0 radical (unpaired) electrons. The van der Waals surface area contributed by atoms with E-state index in [0.29, 0.717) is 17.9 Å². The van der Waals surface area contributed by atoms with Crippen molar-refractivity contribution in [2.24, 2.45) is 5.92 Å². The topological polar surface area (TPSA) is 52.6 Å². The van der Waals surface area contributed by atoms with Crippen molar-refractivity contribution in [1.82, 2.24) is 19.8 Å². The largest absolute Gasteiger partial charge is 0.338 e. The van der Waals surface area contributed by atoms with Crippen LogP contribution in [-0.2, 0) is 4.79 Å². The zero-order chi connectivity index (χ0) is 25.7. The van der Waals surface area contributed by atoms with Crippen LogP contribution in [0.4, 0.5) is 5.95 Å². The summed E-state index contributed by atoms with van der Waals surface area (Å²) in [6.07, 6.45) is 20.2. The predicted molar refractivity (Wildman–Crippen MR) is 148 cm³/mol. The lowest BCUT2D eigenvalue weighted by molar-refractivity contribution is -0.128. The highest BCUT2D eigenvalue weighted by Gasteiger charge is 2.30. The van der Waals surface area contributed by atoms with Gasteiger partial charge in [-0.15, -0.1) is 0 Å². The number of hydrogen-bond donors (Lipinski definition) is 0. The molecule has 1 aromatic rings. The predicted octanol–water partition coefficient (Wildman–Crippen LogP) is 5.46. The van der Waals surface area contributed by atoms with E-state index in [2.05, 4.69) is 45.5 Å². The van der Waals surface area contributed by atoms with Gasteiger partial charge in [0.05, 0.1) is 5.03 Å². The molecule has 0 N–H and O–H groups in total. The Bertz CT molecular complexity index is 1180. The fraction of sp³-hybridized carbons (Fsp3) is 0.345. The average Bonchev–Trinajstić information content (AvgIpc) is 3.11. The van der Waals surface area contributed by atoms with Gasteiger partial charge < -0.3 is 9.80 Å². The Morgan fingerprint density at radius 3 is 2.58 bits per heavy atom. The molecule has 1 aliphatic carbocycles. The van der Waals surface area contributed by atoms with E-state index in [4.69, 9.17) is 11.6 Å². The highest BCUT2D eigenvalue weighted by atomic mass is 35.5. The summed E-state index contributed by atoms with van der Waals surface area (Å²) in [5.41, 5.74) is 4.41. The van der Waals surface area contributed by atoms with Crippen LogP contribution in [0.3, 0.4) is 0 Å². The van der Waals surface area contributed by atoms with Crippen LogP contribution in [-0.4, -0.2) is 58.9 Å². The molecule has 1 atom stereocenters. The van der Waals surface area contributed by atoms with Gasteiger partial charge in [0.15, 0.2) is 0 Å². The highest BCUT2D eigenvalue weighted by Crippen LogP contribution is 2.38. The monoisotopic (exact) mass is 503 g/mol. The molecule has 3 heterocycles. The Labute approximate surface area is 219 Å². The lowest BCUT2D eigenvalue weighted by Gasteiger charge is -2.32. The van der Waals surface area contributed by atoms with E-state index >= 15 is 0 Å². The number of nitrogens with zero attached hydrogens (tertiary/aromatic N) is 5. The van der Waals surface area contributed by atoms with E-state index in [9.17, 15) is 4.79 Å². The zero-order valence-electron chi connectivity index (χ0n) is 21.3. The number of halogens is 1. The van der Waals surface area contributed by atoms with Crippen molar-refractivity contribution in [3.05, 3.63) is 95.1 Å². The second-order valence-corrected chi connectivity index (χ2v) is 9.51. The smallest absolute Gasteiger partial charge is 0.232 e.